The monoisotopic (exact) mass is 282 g/mol. The molecule has 4 nitrogen and oxygen atoms in total. The van der Waals surface area contributed by atoms with E-state index >= 15 is 0 Å². The zero-order valence-electron chi connectivity index (χ0n) is 11.0. The molecule has 0 unspecified atom stereocenters. The topological polar surface area (TPSA) is 55.6 Å². The van der Waals surface area contributed by atoms with Gasteiger partial charge in [0.15, 0.2) is 0 Å². The van der Waals surface area contributed by atoms with Crippen LogP contribution in [0.15, 0.2) is 24.3 Å². The highest BCUT2D eigenvalue weighted by Crippen LogP contribution is 2.21. The molecule has 2 N–H and O–H groups in total. The van der Waals surface area contributed by atoms with E-state index in [0.717, 1.165) is 18.1 Å². The van der Waals surface area contributed by atoms with Gasteiger partial charge in [0, 0.05) is 24.7 Å². The molecule has 1 amide bonds. The van der Waals surface area contributed by atoms with E-state index in [-0.39, 0.29) is 5.91 Å². The zero-order chi connectivity index (χ0) is 13.8. The second kappa shape index (κ2) is 6.37. The van der Waals surface area contributed by atoms with E-state index in [1.165, 1.54) is 5.56 Å². The third-order valence-corrected chi connectivity index (χ3v) is 3.65. The van der Waals surface area contributed by atoms with E-state index in [1.54, 1.807) is 0 Å². The Balaban J connectivity index is 1.95. The van der Waals surface area contributed by atoms with E-state index in [9.17, 15) is 4.79 Å². The highest BCUT2D eigenvalue weighted by atomic mass is 35.5. The predicted molar refractivity (Wildman–Crippen MR) is 75.2 cm³/mol. The van der Waals surface area contributed by atoms with E-state index in [4.69, 9.17) is 22.1 Å². The number of rotatable bonds is 4. The molecular weight excluding hydrogens is 264 g/mol. The number of ether oxygens (including phenoxy) is 1. The number of hydrogen-bond acceptors (Lipinski definition) is 3. The molecule has 1 aliphatic heterocycles. The summed E-state index contributed by atoms with van der Waals surface area (Å²) in [5.41, 5.74) is 6.49. The molecule has 1 fully saturated rings. The minimum Gasteiger partial charge on any atom is -0.367 e. The van der Waals surface area contributed by atoms with Gasteiger partial charge in [-0.15, -0.1) is 0 Å². The van der Waals surface area contributed by atoms with Crippen LogP contribution in [0.1, 0.15) is 18.4 Å². The van der Waals surface area contributed by atoms with Gasteiger partial charge in [0.05, 0.1) is 6.61 Å². The Labute approximate surface area is 118 Å². The predicted octanol–water partition coefficient (Wildman–Crippen LogP) is 1.63. The molecule has 0 aromatic heterocycles. The standard InChI is InChI=1S/C14H19ClN2O2/c1-10(11-3-2-4-12(15)7-11)8-17-5-6-19-13(9-17)14(16)18/h2-4,7,10,13H,5-6,8-9H2,1H3,(H2,16,18)/t10-,13+/m1/s1. The Morgan fingerprint density at radius 3 is 3.11 bits per heavy atom. The summed E-state index contributed by atoms with van der Waals surface area (Å²) in [7, 11) is 0. The fraction of sp³-hybridized carbons (Fsp3) is 0.500. The maximum Gasteiger partial charge on any atom is 0.247 e. The molecule has 1 aromatic rings. The van der Waals surface area contributed by atoms with Gasteiger partial charge in [0.2, 0.25) is 5.91 Å². The lowest BCUT2D eigenvalue weighted by Crippen LogP contribution is -2.49. The summed E-state index contributed by atoms with van der Waals surface area (Å²) in [6.07, 6.45) is -0.486. The van der Waals surface area contributed by atoms with Crippen molar-refractivity contribution < 1.29 is 9.53 Å². The normalized spacial score (nSPS) is 22.1. The van der Waals surface area contributed by atoms with Crippen LogP contribution in [0.3, 0.4) is 0 Å². The van der Waals surface area contributed by atoms with Crippen molar-refractivity contribution in [3.05, 3.63) is 34.9 Å². The third kappa shape index (κ3) is 3.93. The number of amides is 1. The maximum absolute atomic E-state index is 11.2. The molecule has 5 heteroatoms. The first kappa shape index (κ1) is 14.3. The Morgan fingerprint density at radius 2 is 2.42 bits per heavy atom. The van der Waals surface area contributed by atoms with E-state index in [2.05, 4.69) is 17.9 Å². The molecule has 2 atom stereocenters. The first-order valence-electron chi connectivity index (χ1n) is 6.45. The van der Waals surface area contributed by atoms with Crippen LogP contribution >= 0.6 is 11.6 Å². The Bertz CT molecular complexity index is 453. The molecule has 0 saturated carbocycles. The second-order valence-corrected chi connectivity index (χ2v) is 5.41. The Kier molecular flexibility index (Phi) is 4.80. The van der Waals surface area contributed by atoms with E-state index < -0.39 is 6.10 Å². The van der Waals surface area contributed by atoms with E-state index in [1.807, 2.05) is 18.2 Å². The molecule has 19 heavy (non-hydrogen) atoms. The van der Waals surface area contributed by atoms with Gasteiger partial charge in [0.1, 0.15) is 6.10 Å². The minimum absolute atomic E-state index is 0.352. The van der Waals surface area contributed by atoms with Crippen molar-refractivity contribution in [2.75, 3.05) is 26.2 Å². The van der Waals surface area contributed by atoms with Crippen LogP contribution in [-0.4, -0.2) is 43.2 Å². The van der Waals surface area contributed by atoms with Crippen molar-refractivity contribution in [3.63, 3.8) is 0 Å². The van der Waals surface area contributed by atoms with Gasteiger partial charge >= 0.3 is 0 Å². The lowest BCUT2D eigenvalue weighted by molar-refractivity contribution is -0.135. The highest BCUT2D eigenvalue weighted by molar-refractivity contribution is 6.30. The van der Waals surface area contributed by atoms with Crippen LogP contribution in [-0.2, 0) is 9.53 Å². The SMILES string of the molecule is C[C@H](CN1CCO[C@H](C(N)=O)C1)c1cccc(Cl)c1. The molecule has 1 saturated heterocycles. The molecule has 104 valence electrons. The Morgan fingerprint density at radius 1 is 1.63 bits per heavy atom. The number of benzene rings is 1. The largest absolute Gasteiger partial charge is 0.367 e. The van der Waals surface area contributed by atoms with Crippen molar-refractivity contribution in [2.24, 2.45) is 5.73 Å². The number of hydrogen-bond donors (Lipinski definition) is 1. The average Bonchev–Trinajstić information content (AvgIpc) is 2.39. The first-order chi connectivity index (χ1) is 9.06. The zero-order valence-corrected chi connectivity index (χ0v) is 11.8. The number of nitrogens with two attached hydrogens (primary N) is 1. The summed E-state index contributed by atoms with van der Waals surface area (Å²) in [4.78, 5) is 13.4. The van der Waals surface area contributed by atoms with Crippen LogP contribution in [0.5, 0.6) is 0 Å². The van der Waals surface area contributed by atoms with Gasteiger partial charge in [-0.2, -0.15) is 0 Å². The molecule has 2 rings (SSSR count). The molecule has 1 aromatic carbocycles. The van der Waals surface area contributed by atoms with Crippen molar-refractivity contribution in [1.82, 2.24) is 4.90 Å². The number of halogens is 1. The summed E-state index contributed by atoms with van der Waals surface area (Å²) < 4.78 is 5.34. The second-order valence-electron chi connectivity index (χ2n) is 4.98. The lowest BCUT2D eigenvalue weighted by atomic mass is 10.0. The maximum atomic E-state index is 11.2. The third-order valence-electron chi connectivity index (χ3n) is 3.42. The first-order valence-corrected chi connectivity index (χ1v) is 6.83. The molecule has 0 spiro atoms. The van der Waals surface area contributed by atoms with Gasteiger partial charge < -0.3 is 10.5 Å². The smallest absolute Gasteiger partial charge is 0.247 e. The van der Waals surface area contributed by atoms with Crippen LogP contribution in [0.4, 0.5) is 0 Å². The van der Waals surface area contributed by atoms with Crippen LogP contribution in [0.25, 0.3) is 0 Å². The number of carbonyl (C=O) groups is 1. The van der Waals surface area contributed by atoms with Crippen molar-refractivity contribution in [2.45, 2.75) is 18.9 Å². The van der Waals surface area contributed by atoms with Crippen LogP contribution < -0.4 is 5.73 Å². The van der Waals surface area contributed by atoms with Crippen LogP contribution in [0.2, 0.25) is 5.02 Å². The molecule has 1 aliphatic rings. The number of morpholine rings is 1. The number of carbonyl (C=O) groups excluding carboxylic acids is 1. The fourth-order valence-electron chi connectivity index (χ4n) is 2.35. The Hall–Kier alpha value is -1.10. The van der Waals surface area contributed by atoms with Gasteiger partial charge in [0.25, 0.3) is 0 Å². The van der Waals surface area contributed by atoms with E-state index in [0.29, 0.717) is 19.1 Å². The summed E-state index contributed by atoms with van der Waals surface area (Å²) in [6, 6.07) is 7.89. The van der Waals surface area contributed by atoms with Gasteiger partial charge in [-0.3, -0.25) is 9.69 Å². The number of nitrogens with zero attached hydrogens (tertiary/aromatic N) is 1. The number of primary amides is 1. The molecule has 0 bridgehead atoms. The molecule has 0 radical (unpaired) electrons. The lowest BCUT2D eigenvalue weighted by Gasteiger charge is -2.33. The summed E-state index contributed by atoms with van der Waals surface area (Å²) in [6.45, 7) is 4.97. The van der Waals surface area contributed by atoms with Crippen LogP contribution in [0, 0.1) is 0 Å². The average molecular weight is 283 g/mol. The summed E-state index contributed by atoms with van der Waals surface area (Å²) in [5.74, 6) is -0.0366. The summed E-state index contributed by atoms with van der Waals surface area (Å²) in [5, 5.41) is 0.751. The molecule has 0 aliphatic carbocycles. The fourth-order valence-corrected chi connectivity index (χ4v) is 2.55. The minimum atomic E-state index is -0.486. The highest BCUT2D eigenvalue weighted by Gasteiger charge is 2.25. The van der Waals surface area contributed by atoms with Gasteiger partial charge in [-0.25, -0.2) is 0 Å². The quantitative estimate of drug-likeness (QED) is 0.913. The van der Waals surface area contributed by atoms with Crippen molar-refractivity contribution >= 4 is 17.5 Å². The van der Waals surface area contributed by atoms with Gasteiger partial charge in [-0.1, -0.05) is 30.7 Å². The van der Waals surface area contributed by atoms with Crippen molar-refractivity contribution in [1.29, 1.82) is 0 Å². The van der Waals surface area contributed by atoms with Crippen molar-refractivity contribution in [3.8, 4) is 0 Å². The molecular formula is C14H19ClN2O2. The summed E-state index contributed by atoms with van der Waals surface area (Å²) >= 11 is 6.00. The van der Waals surface area contributed by atoms with Gasteiger partial charge in [-0.05, 0) is 23.6 Å². The molecule has 1 heterocycles.